The third-order valence-electron chi connectivity index (χ3n) is 5.40. The van der Waals surface area contributed by atoms with Gasteiger partial charge in [0.2, 0.25) is 0 Å². The number of rotatable bonds is 3. The molecule has 0 saturated carbocycles. The van der Waals surface area contributed by atoms with Gasteiger partial charge >= 0.3 is 0 Å². The van der Waals surface area contributed by atoms with E-state index in [1.54, 1.807) is 43.3 Å². The quantitative estimate of drug-likeness (QED) is 0.345. The molecular formula is C24H20ClNO4. The van der Waals surface area contributed by atoms with Gasteiger partial charge in [0, 0.05) is 16.3 Å². The highest BCUT2D eigenvalue weighted by molar-refractivity contribution is 6.52. The first-order valence-electron chi connectivity index (χ1n) is 9.48. The minimum absolute atomic E-state index is 0.0111. The maximum absolute atomic E-state index is 13.1. The Balaban J connectivity index is 1.99. The number of hydrogen-bond donors (Lipinski definition) is 1. The fourth-order valence-electron chi connectivity index (χ4n) is 3.79. The predicted molar refractivity (Wildman–Crippen MR) is 116 cm³/mol. The largest absolute Gasteiger partial charge is 0.507 e. The molecule has 0 aliphatic carbocycles. The van der Waals surface area contributed by atoms with Crippen molar-refractivity contribution in [3.05, 3.63) is 93.4 Å². The highest BCUT2D eigenvalue weighted by atomic mass is 35.5. The molecule has 1 saturated heterocycles. The molecule has 1 fully saturated rings. The average Bonchev–Trinajstić information content (AvgIpc) is 3.33. The molecule has 0 bridgehead atoms. The van der Waals surface area contributed by atoms with E-state index in [9.17, 15) is 14.7 Å². The summed E-state index contributed by atoms with van der Waals surface area (Å²) in [6.07, 6.45) is 1.47. The Morgan fingerprint density at radius 3 is 2.53 bits per heavy atom. The van der Waals surface area contributed by atoms with Gasteiger partial charge in [0.25, 0.3) is 11.7 Å². The summed E-state index contributed by atoms with van der Waals surface area (Å²) >= 11 is 6.27. The van der Waals surface area contributed by atoms with Crippen LogP contribution >= 0.6 is 11.6 Å². The lowest BCUT2D eigenvalue weighted by atomic mass is 9.96. The van der Waals surface area contributed by atoms with Crippen molar-refractivity contribution in [2.45, 2.75) is 26.8 Å². The molecule has 0 spiro atoms. The highest BCUT2D eigenvalue weighted by Gasteiger charge is 2.48. The van der Waals surface area contributed by atoms with E-state index in [2.05, 4.69) is 0 Å². The molecule has 4 rings (SSSR count). The van der Waals surface area contributed by atoms with Crippen molar-refractivity contribution in [3.8, 4) is 0 Å². The van der Waals surface area contributed by atoms with Crippen LogP contribution in [0, 0.1) is 20.8 Å². The lowest BCUT2D eigenvalue weighted by molar-refractivity contribution is -0.132. The second-order valence-electron chi connectivity index (χ2n) is 7.39. The number of carbonyl (C=O) groups is 2. The summed E-state index contributed by atoms with van der Waals surface area (Å²) in [7, 11) is 0. The smallest absolute Gasteiger partial charge is 0.300 e. The summed E-state index contributed by atoms with van der Waals surface area (Å²) in [6, 6.07) is 13.2. The minimum Gasteiger partial charge on any atom is -0.507 e. The van der Waals surface area contributed by atoms with Gasteiger partial charge in [-0.25, -0.2) is 0 Å². The Kier molecular flexibility index (Phi) is 5.00. The zero-order valence-electron chi connectivity index (χ0n) is 16.8. The van der Waals surface area contributed by atoms with E-state index in [1.165, 1.54) is 11.2 Å². The number of amides is 1. The number of anilines is 1. The van der Waals surface area contributed by atoms with Gasteiger partial charge in [0.1, 0.15) is 17.6 Å². The molecular weight excluding hydrogens is 402 g/mol. The van der Waals surface area contributed by atoms with Crippen LogP contribution in [0.25, 0.3) is 5.76 Å². The van der Waals surface area contributed by atoms with E-state index >= 15 is 0 Å². The monoisotopic (exact) mass is 421 g/mol. The molecule has 1 amide bonds. The molecule has 1 aliphatic heterocycles. The SMILES string of the molecule is Cc1ccc(C)c(/C(O)=C2/C(=O)C(=O)N(c3cccc(Cl)c3C)C2c2ccco2)c1. The van der Waals surface area contributed by atoms with Crippen molar-refractivity contribution in [2.75, 3.05) is 4.90 Å². The number of Topliss-reactive ketones (excluding diaryl/α,β-unsaturated/α-hetero) is 1. The zero-order chi connectivity index (χ0) is 21.6. The van der Waals surface area contributed by atoms with Crippen molar-refractivity contribution >= 4 is 34.7 Å². The van der Waals surface area contributed by atoms with E-state index in [4.69, 9.17) is 16.0 Å². The zero-order valence-corrected chi connectivity index (χ0v) is 17.5. The topological polar surface area (TPSA) is 70.8 Å². The van der Waals surface area contributed by atoms with E-state index in [0.717, 1.165) is 11.1 Å². The van der Waals surface area contributed by atoms with Crippen molar-refractivity contribution in [1.82, 2.24) is 0 Å². The van der Waals surface area contributed by atoms with Crippen LogP contribution in [0.3, 0.4) is 0 Å². The molecule has 1 unspecified atom stereocenters. The van der Waals surface area contributed by atoms with Crippen LogP contribution in [0.4, 0.5) is 5.69 Å². The number of aliphatic hydroxyl groups excluding tert-OH is 1. The van der Waals surface area contributed by atoms with Gasteiger partial charge in [-0.3, -0.25) is 14.5 Å². The summed E-state index contributed by atoms with van der Waals surface area (Å²) in [5.41, 5.74) is 3.36. The van der Waals surface area contributed by atoms with Crippen LogP contribution in [0.2, 0.25) is 5.02 Å². The van der Waals surface area contributed by atoms with Crippen molar-refractivity contribution in [3.63, 3.8) is 0 Å². The molecule has 152 valence electrons. The molecule has 1 aromatic heterocycles. The second-order valence-corrected chi connectivity index (χ2v) is 7.79. The van der Waals surface area contributed by atoms with Gasteiger partial charge < -0.3 is 9.52 Å². The number of ketones is 1. The number of nitrogens with zero attached hydrogens (tertiary/aromatic N) is 1. The molecule has 0 radical (unpaired) electrons. The van der Waals surface area contributed by atoms with Crippen LogP contribution in [0.1, 0.15) is 34.1 Å². The van der Waals surface area contributed by atoms with Gasteiger partial charge in [-0.05, 0) is 62.2 Å². The summed E-state index contributed by atoms with van der Waals surface area (Å²) < 4.78 is 5.58. The Bertz CT molecular complexity index is 1190. The normalized spacial score (nSPS) is 18.3. The highest BCUT2D eigenvalue weighted by Crippen LogP contribution is 2.44. The van der Waals surface area contributed by atoms with Crippen LogP contribution in [-0.4, -0.2) is 16.8 Å². The fourth-order valence-corrected chi connectivity index (χ4v) is 3.96. The van der Waals surface area contributed by atoms with Gasteiger partial charge in [0.05, 0.1) is 11.8 Å². The summed E-state index contributed by atoms with van der Waals surface area (Å²) in [5.74, 6) is -1.36. The summed E-state index contributed by atoms with van der Waals surface area (Å²) in [4.78, 5) is 27.6. The number of benzene rings is 2. The molecule has 1 atom stereocenters. The molecule has 2 aromatic carbocycles. The van der Waals surface area contributed by atoms with Gasteiger partial charge in [-0.15, -0.1) is 0 Å². The maximum atomic E-state index is 13.1. The van der Waals surface area contributed by atoms with Gasteiger partial charge in [-0.1, -0.05) is 35.4 Å². The molecule has 30 heavy (non-hydrogen) atoms. The number of halogens is 1. The Morgan fingerprint density at radius 1 is 1.07 bits per heavy atom. The second kappa shape index (κ2) is 7.50. The number of aryl methyl sites for hydroxylation is 2. The first-order valence-corrected chi connectivity index (χ1v) is 9.86. The van der Waals surface area contributed by atoms with Crippen molar-refractivity contribution in [1.29, 1.82) is 0 Å². The van der Waals surface area contributed by atoms with E-state index < -0.39 is 17.7 Å². The van der Waals surface area contributed by atoms with E-state index in [1.807, 2.05) is 26.0 Å². The molecule has 5 nitrogen and oxygen atoms in total. The van der Waals surface area contributed by atoms with Crippen LogP contribution in [0.15, 0.2) is 64.8 Å². The predicted octanol–water partition coefficient (Wildman–Crippen LogP) is 5.48. The van der Waals surface area contributed by atoms with Crippen LogP contribution in [-0.2, 0) is 9.59 Å². The first kappa shape index (κ1) is 20.0. The first-order chi connectivity index (χ1) is 14.3. The number of carbonyl (C=O) groups excluding carboxylic acids is 2. The van der Waals surface area contributed by atoms with E-state index in [0.29, 0.717) is 27.6 Å². The molecule has 1 N–H and O–H groups in total. The van der Waals surface area contributed by atoms with Gasteiger partial charge in [-0.2, -0.15) is 0 Å². The Hall–Kier alpha value is -3.31. The molecule has 2 heterocycles. The Labute approximate surface area is 179 Å². The number of furan rings is 1. The molecule has 6 heteroatoms. The fraction of sp³-hybridized carbons (Fsp3) is 0.167. The number of hydrogen-bond acceptors (Lipinski definition) is 4. The third-order valence-corrected chi connectivity index (χ3v) is 5.81. The van der Waals surface area contributed by atoms with E-state index in [-0.39, 0.29) is 11.3 Å². The van der Waals surface area contributed by atoms with Gasteiger partial charge in [0.15, 0.2) is 0 Å². The third kappa shape index (κ3) is 3.12. The molecule has 1 aliphatic rings. The van der Waals surface area contributed by atoms with Crippen molar-refractivity contribution < 1.29 is 19.1 Å². The summed E-state index contributed by atoms with van der Waals surface area (Å²) in [5, 5.41) is 11.7. The Morgan fingerprint density at radius 2 is 1.83 bits per heavy atom. The number of aliphatic hydroxyl groups is 1. The lowest BCUT2D eigenvalue weighted by Gasteiger charge is -2.25. The maximum Gasteiger partial charge on any atom is 0.300 e. The van der Waals surface area contributed by atoms with Crippen molar-refractivity contribution in [2.24, 2.45) is 0 Å². The lowest BCUT2D eigenvalue weighted by Crippen LogP contribution is -2.30. The van der Waals surface area contributed by atoms with Crippen LogP contribution in [0.5, 0.6) is 0 Å². The average molecular weight is 422 g/mol. The standard InChI is InChI=1S/C24H20ClNO4/c1-13-9-10-14(2)16(12-13)22(27)20-21(19-8-5-11-30-19)26(24(29)23(20)28)18-7-4-6-17(25)15(18)3/h4-12,21,27H,1-3H3/b22-20-. The summed E-state index contributed by atoms with van der Waals surface area (Å²) in [6.45, 7) is 5.52. The minimum atomic E-state index is -0.905. The molecule has 3 aromatic rings. The van der Waals surface area contributed by atoms with Crippen LogP contribution < -0.4 is 4.90 Å².